The number of carbonyl (C=O) groups excluding carboxylic acids is 2. The second-order valence-electron chi connectivity index (χ2n) is 4.64. The molecule has 0 aliphatic heterocycles. The molecular formula is C16H12ClN3O4. The molecule has 0 saturated heterocycles. The van der Waals surface area contributed by atoms with E-state index in [9.17, 15) is 19.7 Å². The minimum atomic E-state index is -0.552. The van der Waals surface area contributed by atoms with Crippen LogP contribution in [0, 0.1) is 10.1 Å². The van der Waals surface area contributed by atoms with Crippen LogP contribution in [-0.4, -0.2) is 16.7 Å². The lowest BCUT2D eigenvalue weighted by Gasteiger charge is -2.05. The lowest BCUT2D eigenvalue weighted by Crippen LogP contribution is -2.40. The van der Waals surface area contributed by atoms with Crippen LogP contribution in [0.15, 0.2) is 54.6 Å². The smallest absolute Gasteiger partial charge is 0.268 e. The standard InChI is InChI=1S/C16H12ClN3O4/c17-13-3-1-2-12(10-13)16(22)19-18-15(21)9-6-11-4-7-14(8-5-11)20(23)24/h1-10H,(H,18,21)(H,19,22)/b9-6+. The van der Waals surface area contributed by atoms with Crippen LogP contribution in [0.5, 0.6) is 0 Å². The molecule has 0 aliphatic rings. The summed E-state index contributed by atoms with van der Waals surface area (Å²) in [5, 5.41) is 10.9. The van der Waals surface area contributed by atoms with E-state index in [1.54, 1.807) is 18.2 Å². The van der Waals surface area contributed by atoms with Crippen molar-refractivity contribution in [3.8, 4) is 0 Å². The number of non-ortho nitro benzene ring substituents is 1. The second-order valence-corrected chi connectivity index (χ2v) is 5.07. The van der Waals surface area contributed by atoms with Crippen LogP contribution in [0.3, 0.4) is 0 Å². The molecule has 0 atom stereocenters. The summed E-state index contributed by atoms with van der Waals surface area (Å²) in [6.45, 7) is 0. The van der Waals surface area contributed by atoms with E-state index in [1.807, 2.05) is 0 Å². The number of hydrogen-bond acceptors (Lipinski definition) is 4. The van der Waals surface area contributed by atoms with Crippen molar-refractivity contribution in [2.45, 2.75) is 0 Å². The lowest BCUT2D eigenvalue weighted by atomic mass is 10.2. The molecule has 0 heterocycles. The van der Waals surface area contributed by atoms with Crippen molar-refractivity contribution in [2.24, 2.45) is 0 Å². The Labute approximate surface area is 142 Å². The predicted octanol–water partition coefficient (Wildman–Crippen LogP) is 2.72. The Bertz CT molecular complexity index is 803. The first-order valence-corrected chi connectivity index (χ1v) is 7.12. The number of hydrogen-bond donors (Lipinski definition) is 2. The quantitative estimate of drug-likeness (QED) is 0.505. The van der Waals surface area contributed by atoms with E-state index in [2.05, 4.69) is 10.9 Å². The van der Waals surface area contributed by atoms with Crippen LogP contribution in [0.25, 0.3) is 6.08 Å². The number of nitrogens with zero attached hydrogens (tertiary/aromatic N) is 1. The number of benzene rings is 2. The molecule has 24 heavy (non-hydrogen) atoms. The van der Waals surface area contributed by atoms with Crippen LogP contribution in [0.4, 0.5) is 5.69 Å². The molecular weight excluding hydrogens is 334 g/mol. The van der Waals surface area contributed by atoms with Gasteiger partial charge in [0.05, 0.1) is 4.92 Å². The first-order chi connectivity index (χ1) is 11.5. The van der Waals surface area contributed by atoms with Crippen LogP contribution in [0.1, 0.15) is 15.9 Å². The summed E-state index contributed by atoms with van der Waals surface area (Å²) >= 11 is 5.78. The number of nitrogens with one attached hydrogen (secondary N) is 2. The van der Waals surface area contributed by atoms with E-state index >= 15 is 0 Å². The highest BCUT2D eigenvalue weighted by Crippen LogP contribution is 2.13. The van der Waals surface area contributed by atoms with Crippen molar-refractivity contribution in [1.82, 2.24) is 10.9 Å². The molecule has 8 heteroatoms. The van der Waals surface area contributed by atoms with Crippen molar-refractivity contribution >= 4 is 35.2 Å². The molecule has 122 valence electrons. The molecule has 0 saturated carbocycles. The number of rotatable bonds is 4. The molecule has 0 aliphatic carbocycles. The van der Waals surface area contributed by atoms with Gasteiger partial charge in [-0.2, -0.15) is 0 Å². The van der Waals surface area contributed by atoms with Crippen LogP contribution in [-0.2, 0) is 4.79 Å². The van der Waals surface area contributed by atoms with Gasteiger partial charge in [-0.3, -0.25) is 30.6 Å². The molecule has 0 unspecified atom stereocenters. The number of amides is 2. The summed E-state index contributed by atoms with van der Waals surface area (Å²) in [4.78, 5) is 33.5. The molecule has 2 amide bonds. The predicted molar refractivity (Wildman–Crippen MR) is 89.2 cm³/mol. The van der Waals surface area contributed by atoms with Gasteiger partial charge in [0.15, 0.2) is 0 Å². The fourth-order valence-electron chi connectivity index (χ4n) is 1.74. The third-order valence-electron chi connectivity index (χ3n) is 2.92. The third kappa shape index (κ3) is 4.92. The van der Waals surface area contributed by atoms with E-state index in [0.717, 1.165) is 0 Å². The molecule has 0 aromatic heterocycles. The van der Waals surface area contributed by atoms with Crippen molar-refractivity contribution in [1.29, 1.82) is 0 Å². The molecule has 2 aromatic rings. The number of hydrazine groups is 1. The van der Waals surface area contributed by atoms with Crippen molar-refractivity contribution < 1.29 is 14.5 Å². The lowest BCUT2D eigenvalue weighted by molar-refractivity contribution is -0.384. The highest BCUT2D eigenvalue weighted by Gasteiger charge is 2.06. The molecule has 2 rings (SSSR count). The topological polar surface area (TPSA) is 101 Å². The van der Waals surface area contributed by atoms with Crippen LogP contribution >= 0.6 is 11.6 Å². The molecule has 0 bridgehead atoms. The maximum absolute atomic E-state index is 11.8. The Kier molecular flexibility index (Phi) is 5.64. The minimum Gasteiger partial charge on any atom is -0.268 e. The third-order valence-corrected chi connectivity index (χ3v) is 3.15. The number of carbonyl (C=O) groups is 2. The highest BCUT2D eigenvalue weighted by molar-refractivity contribution is 6.30. The summed E-state index contributed by atoms with van der Waals surface area (Å²) < 4.78 is 0. The van der Waals surface area contributed by atoms with Gasteiger partial charge in [-0.05, 0) is 42.0 Å². The number of nitro groups is 1. The Balaban J connectivity index is 1.88. The molecule has 2 N–H and O–H groups in total. The van der Waals surface area contributed by atoms with E-state index < -0.39 is 16.7 Å². The zero-order chi connectivity index (χ0) is 17.5. The van der Waals surface area contributed by atoms with Gasteiger partial charge in [0.1, 0.15) is 0 Å². The summed E-state index contributed by atoms with van der Waals surface area (Å²) in [7, 11) is 0. The number of halogens is 1. The zero-order valence-electron chi connectivity index (χ0n) is 12.2. The Hall–Kier alpha value is -3.19. The van der Waals surface area contributed by atoms with Crippen molar-refractivity contribution in [3.63, 3.8) is 0 Å². The summed E-state index contributed by atoms with van der Waals surface area (Å²) in [5.41, 5.74) is 5.35. The van der Waals surface area contributed by atoms with Gasteiger partial charge < -0.3 is 0 Å². The van der Waals surface area contributed by atoms with Gasteiger partial charge in [0.2, 0.25) is 0 Å². The van der Waals surface area contributed by atoms with Crippen molar-refractivity contribution in [3.05, 3.63) is 80.9 Å². The van der Waals surface area contributed by atoms with Crippen LogP contribution in [0.2, 0.25) is 5.02 Å². The van der Waals surface area contributed by atoms with E-state index in [-0.39, 0.29) is 5.69 Å². The maximum atomic E-state index is 11.8. The first kappa shape index (κ1) is 17.2. The summed E-state index contributed by atoms with van der Waals surface area (Å²) in [5.74, 6) is -1.06. The monoisotopic (exact) mass is 345 g/mol. The average Bonchev–Trinajstić information content (AvgIpc) is 2.58. The second kappa shape index (κ2) is 7.89. The zero-order valence-corrected chi connectivity index (χ0v) is 13.0. The van der Waals surface area contributed by atoms with Gasteiger partial charge in [0, 0.05) is 28.8 Å². The fourth-order valence-corrected chi connectivity index (χ4v) is 1.93. The van der Waals surface area contributed by atoms with Gasteiger partial charge in [0.25, 0.3) is 17.5 Å². The Morgan fingerprint density at radius 3 is 2.42 bits per heavy atom. The highest BCUT2D eigenvalue weighted by atomic mass is 35.5. The molecule has 0 spiro atoms. The first-order valence-electron chi connectivity index (χ1n) is 6.74. The summed E-state index contributed by atoms with van der Waals surface area (Å²) in [6.07, 6.45) is 2.66. The molecule has 7 nitrogen and oxygen atoms in total. The summed E-state index contributed by atoms with van der Waals surface area (Å²) in [6, 6.07) is 11.9. The Morgan fingerprint density at radius 2 is 1.79 bits per heavy atom. The minimum absolute atomic E-state index is 0.0367. The van der Waals surface area contributed by atoms with Gasteiger partial charge in [-0.25, -0.2) is 0 Å². The van der Waals surface area contributed by atoms with E-state index in [0.29, 0.717) is 16.1 Å². The fraction of sp³-hybridized carbons (Fsp3) is 0. The SMILES string of the molecule is O=C(/C=C/c1ccc([N+](=O)[O-])cc1)NNC(=O)c1cccc(Cl)c1. The number of nitro benzene ring substituents is 1. The van der Waals surface area contributed by atoms with Gasteiger partial charge >= 0.3 is 0 Å². The molecule has 0 radical (unpaired) electrons. The van der Waals surface area contributed by atoms with E-state index in [4.69, 9.17) is 11.6 Å². The van der Waals surface area contributed by atoms with Gasteiger partial charge in [-0.1, -0.05) is 17.7 Å². The average molecular weight is 346 g/mol. The van der Waals surface area contributed by atoms with E-state index in [1.165, 1.54) is 42.5 Å². The van der Waals surface area contributed by atoms with Crippen molar-refractivity contribution in [2.75, 3.05) is 0 Å². The van der Waals surface area contributed by atoms with Gasteiger partial charge in [-0.15, -0.1) is 0 Å². The molecule has 2 aromatic carbocycles. The Morgan fingerprint density at radius 1 is 1.08 bits per heavy atom. The largest absolute Gasteiger partial charge is 0.269 e. The maximum Gasteiger partial charge on any atom is 0.269 e. The molecule has 0 fully saturated rings. The van der Waals surface area contributed by atoms with Crippen LogP contribution < -0.4 is 10.9 Å². The normalized spacial score (nSPS) is 10.4.